The first-order valence-corrected chi connectivity index (χ1v) is 5.54. The minimum absolute atomic E-state index is 0.0642. The highest BCUT2D eigenvalue weighted by atomic mass is 35.5. The topological polar surface area (TPSA) is 50.9 Å². The van der Waals surface area contributed by atoms with Gasteiger partial charge >= 0.3 is 0 Å². The maximum Gasteiger partial charge on any atom is 0.176 e. The largest absolute Gasteiger partial charge is 0.388 e. The molecule has 0 spiro atoms. The molecule has 1 N–H and O–H groups in total. The molecule has 0 aliphatic carbocycles. The average Bonchev–Trinajstić information content (AvgIpc) is 2.76. The normalized spacial score (nSPS) is 10.8. The van der Waals surface area contributed by atoms with Crippen molar-refractivity contribution < 1.29 is 9.50 Å². The van der Waals surface area contributed by atoms with E-state index in [4.69, 9.17) is 16.7 Å². The molecule has 0 aliphatic heterocycles. The molecule has 2 rings (SSSR count). The standard InChI is InChI=1S/C11H11ClFN3O/c1-2-11-14-10(6-17)15-16(11)7-3-4-8(12)9(13)5-7/h3-5,17H,2,6H2,1H3. The highest BCUT2D eigenvalue weighted by Gasteiger charge is 2.11. The summed E-state index contributed by atoms with van der Waals surface area (Å²) in [6.07, 6.45) is 0.636. The molecule has 0 aliphatic rings. The van der Waals surface area contributed by atoms with Gasteiger partial charge in [-0.3, -0.25) is 0 Å². The average molecular weight is 256 g/mol. The summed E-state index contributed by atoms with van der Waals surface area (Å²) in [6.45, 7) is 1.67. The smallest absolute Gasteiger partial charge is 0.176 e. The molecular formula is C11H11ClFN3O. The first kappa shape index (κ1) is 12.0. The summed E-state index contributed by atoms with van der Waals surface area (Å²) < 4.78 is 14.9. The van der Waals surface area contributed by atoms with E-state index in [0.717, 1.165) is 0 Å². The van der Waals surface area contributed by atoms with E-state index < -0.39 is 5.82 Å². The molecule has 0 bridgehead atoms. The molecule has 0 unspecified atom stereocenters. The van der Waals surface area contributed by atoms with Gasteiger partial charge in [-0.25, -0.2) is 14.1 Å². The third-order valence-electron chi connectivity index (χ3n) is 2.32. The molecule has 2 aromatic rings. The van der Waals surface area contributed by atoms with Gasteiger partial charge in [0.25, 0.3) is 0 Å². The van der Waals surface area contributed by atoms with E-state index in [1.165, 1.54) is 16.8 Å². The van der Waals surface area contributed by atoms with E-state index >= 15 is 0 Å². The zero-order valence-corrected chi connectivity index (χ0v) is 9.95. The van der Waals surface area contributed by atoms with Gasteiger partial charge in [-0.2, -0.15) is 0 Å². The second kappa shape index (κ2) is 4.81. The molecule has 4 nitrogen and oxygen atoms in total. The van der Waals surface area contributed by atoms with Crippen LogP contribution in [0.15, 0.2) is 18.2 Å². The van der Waals surface area contributed by atoms with Crippen molar-refractivity contribution in [2.24, 2.45) is 0 Å². The van der Waals surface area contributed by atoms with E-state index in [9.17, 15) is 4.39 Å². The number of aliphatic hydroxyl groups is 1. The van der Waals surface area contributed by atoms with Crippen molar-refractivity contribution in [2.45, 2.75) is 20.0 Å². The minimum Gasteiger partial charge on any atom is -0.388 e. The second-order valence-electron chi connectivity index (χ2n) is 3.47. The molecular weight excluding hydrogens is 245 g/mol. The van der Waals surface area contributed by atoms with Gasteiger partial charge in [-0.05, 0) is 12.1 Å². The number of aryl methyl sites for hydroxylation is 1. The van der Waals surface area contributed by atoms with Crippen LogP contribution in [0.2, 0.25) is 5.02 Å². The number of nitrogens with zero attached hydrogens (tertiary/aromatic N) is 3. The van der Waals surface area contributed by atoms with E-state index in [1.54, 1.807) is 6.07 Å². The third kappa shape index (κ3) is 2.30. The molecule has 90 valence electrons. The Balaban J connectivity index is 2.51. The Morgan fingerprint density at radius 1 is 1.47 bits per heavy atom. The molecule has 0 atom stereocenters. The van der Waals surface area contributed by atoms with Crippen molar-refractivity contribution >= 4 is 11.6 Å². The lowest BCUT2D eigenvalue weighted by Crippen LogP contribution is -2.02. The third-order valence-corrected chi connectivity index (χ3v) is 2.63. The molecule has 0 saturated heterocycles. The van der Waals surface area contributed by atoms with Crippen LogP contribution in [0.3, 0.4) is 0 Å². The zero-order valence-electron chi connectivity index (χ0n) is 9.19. The maximum atomic E-state index is 13.3. The van der Waals surface area contributed by atoms with E-state index in [0.29, 0.717) is 23.8 Å². The first-order valence-electron chi connectivity index (χ1n) is 5.16. The van der Waals surface area contributed by atoms with Crippen LogP contribution in [0, 0.1) is 5.82 Å². The SMILES string of the molecule is CCc1nc(CO)nn1-c1ccc(Cl)c(F)c1. The molecule has 1 heterocycles. The molecule has 1 aromatic heterocycles. The fraction of sp³-hybridized carbons (Fsp3) is 0.273. The summed E-state index contributed by atoms with van der Waals surface area (Å²) in [5.74, 6) is 0.472. The van der Waals surface area contributed by atoms with E-state index in [2.05, 4.69) is 10.1 Å². The lowest BCUT2D eigenvalue weighted by Gasteiger charge is -2.04. The predicted molar refractivity (Wildman–Crippen MR) is 61.6 cm³/mol. The van der Waals surface area contributed by atoms with Crippen LogP contribution in [-0.2, 0) is 13.0 Å². The van der Waals surface area contributed by atoms with Crippen molar-refractivity contribution in [3.05, 3.63) is 40.7 Å². The highest BCUT2D eigenvalue weighted by Crippen LogP contribution is 2.19. The minimum atomic E-state index is -0.507. The number of halogens is 2. The number of rotatable bonds is 3. The molecule has 0 saturated carbocycles. The summed E-state index contributed by atoms with van der Waals surface area (Å²) in [7, 11) is 0. The van der Waals surface area contributed by atoms with Crippen LogP contribution >= 0.6 is 11.6 Å². The number of hydrogen-bond acceptors (Lipinski definition) is 3. The van der Waals surface area contributed by atoms with Crippen LogP contribution in [0.25, 0.3) is 5.69 Å². The monoisotopic (exact) mass is 255 g/mol. The van der Waals surface area contributed by atoms with Gasteiger partial charge in [-0.15, -0.1) is 5.10 Å². The van der Waals surface area contributed by atoms with E-state index in [1.807, 2.05) is 6.92 Å². The summed E-state index contributed by atoms with van der Waals surface area (Å²) in [5, 5.41) is 13.1. The highest BCUT2D eigenvalue weighted by molar-refractivity contribution is 6.30. The second-order valence-corrected chi connectivity index (χ2v) is 3.87. The Bertz CT molecular complexity index is 542. The number of hydrogen-bond donors (Lipinski definition) is 1. The number of aliphatic hydroxyl groups excluding tert-OH is 1. The van der Waals surface area contributed by atoms with Crippen molar-refractivity contribution in [2.75, 3.05) is 0 Å². The Morgan fingerprint density at radius 3 is 2.82 bits per heavy atom. The molecule has 17 heavy (non-hydrogen) atoms. The van der Waals surface area contributed by atoms with Gasteiger partial charge in [0, 0.05) is 12.5 Å². The van der Waals surface area contributed by atoms with Crippen LogP contribution < -0.4 is 0 Å². The van der Waals surface area contributed by atoms with Crippen LogP contribution in [0.4, 0.5) is 4.39 Å². The van der Waals surface area contributed by atoms with Gasteiger partial charge in [0.15, 0.2) is 5.82 Å². The Hall–Kier alpha value is -1.46. The van der Waals surface area contributed by atoms with Gasteiger partial charge in [-0.1, -0.05) is 18.5 Å². The zero-order chi connectivity index (χ0) is 12.4. The van der Waals surface area contributed by atoms with Crippen LogP contribution in [0.5, 0.6) is 0 Å². The van der Waals surface area contributed by atoms with Gasteiger partial charge < -0.3 is 5.11 Å². The van der Waals surface area contributed by atoms with Crippen molar-refractivity contribution in [3.63, 3.8) is 0 Å². The lowest BCUT2D eigenvalue weighted by molar-refractivity contribution is 0.271. The molecule has 6 heteroatoms. The molecule has 1 aromatic carbocycles. The Labute approximate surface area is 103 Å². The van der Waals surface area contributed by atoms with Crippen LogP contribution in [0.1, 0.15) is 18.6 Å². The summed E-state index contributed by atoms with van der Waals surface area (Å²) in [6, 6.07) is 4.41. The van der Waals surface area contributed by atoms with Crippen molar-refractivity contribution in [3.8, 4) is 5.69 Å². The summed E-state index contributed by atoms with van der Waals surface area (Å²) in [4.78, 5) is 4.12. The Kier molecular flexibility index (Phi) is 3.40. The van der Waals surface area contributed by atoms with Gasteiger partial charge in [0.05, 0.1) is 10.7 Å². The first-order chi connectivity index (χ1) is 8.15. The quantitative estimate of drug-likeness (QED) is 0.914. The van der Waals surface area contributed by atoms with Crippen molar-refractivity contribution in [1.82, 2.24) is 14.8 Å². The molecule has 0 fully saturated rings. The van der Waals surface area contributed by atoms with Crippen LogP contribution in [-0.4, -0.2) is 19.9 Å². The fourth-order valence-corrected chi connectivity index (χ4v) is 1.63. The van der Waals surface area contributed by atoms with Crippen molar-refractivity contribution in [1.29, 1.82) is 0 Å². The van der Waals surface area contributed by atoms with E-state index in [-0.39, 0.29) is 11.6 Å². The maximum absolute atomic E-state index is 13.3. The lowest BCUT2D eigenvalue weighted by atomic mass is 10.3. The Morgan fingerprint density at radius 2 is 2.24 bits per heavy atom. The predicted octanol–water partition coefficient (Wildman–Crippen LogP) is 2.11. The number of benzene rings is 1. The summed E-state index contributed by atoms with van der Waals surface area (Å²) >= 11 is 5.61. The number of aromatic nitrogens is 3. The molecule has 0 amide bonds. The molecule has 0 radical (unpaired) electrons. The van der Waals surface area contributed by atoms with Gasteiger partial charge in [0.1, 0.15) is 18.2 Å². The van der Waals surface area contributed by atoms with Gasteiger partial charge in [0.2, 0.25) is 0 Å². The fourth-order valence-electron chi connectivity index (χ4n) is 1.51. The summed E-state index contributed by atoms with van der Waals surface area (Å²) in [5.41, 5.74) is 0.538.